The Bertz CT molecular complexity index is 1320. The predicted octanol–water partition coefficient (Wildman–Crippen LogP) is 3.73. The van der Waals surface area contributed by atoms with Crippen molar-refractivity contribution in [3.8, 4) is 6.07 Å². The van der Waals surface area contributed by atoms with E-state index >= 15 is 0 Å². The maximum absolute atomic E-state index is 13.4. The van der Waals surface area contributed by atoms with Gasteiger partial charge in [-0.15, -0.1) is 0 Å². The van der Waals surface area contributed by atoms with E-state index in [0.29, 0.717) is 26.9 Å². The monoisotopic (exact) mass is 525 g/mol. The molecule has 0 atom stereocenters. The SMILES string of the molecule is CCCn1c(N2CCN(C)CC2)c(/C=C2\SC(=S)N(Cc3ccc(F)cc3)C2=O)c(C)c(C#N)c1=O. The van der Waals surface area contributed by atoms with Gasteiger partial charge in [-0.3, -0.25) is 19.1 Å². The van der Waals surface area contributed by atoms with Crippen LogP contribution in [0.3, 0.4) is 0 Å². The highest BCUT2D eigenvalue weighted by Crippen LogP contribution is 2.36. The standard InChI is InChI=1S/C26H28FN5O2S2/c1-4-9-31-23(30-12-10-29(3)11-13-30)20(17(2)21(15-28)24(31)33)14-22-25(34)32(26(35)36-22)16-18-5-7-19(27)8-6-18/h5-8,14H,4,9-13,16H2,1-3H3/b22-14-. The van der Waals surface area contributed by atoms with Crippen LogP contribution in [0.1, 0.15) is 35.6 Å². The highest BCUT2D eigenvalue weighted by molar-refractivity contribution is 8.26. The molecule has 2 aliphatic rings. The fraction of sp³-hybridized carbons (Fsp3) is 0.385. The van der Waals surface area contributed by atoms with Gasteiger partial charge in [0.2, 0.25) is 0 Å². The Morgan fingerprint density at radius 2 is 1.83 bits per heavy atom. The molecule has 1 aromatic heterocycles. The summed E-state index contributed by atoms with van der Waals surface area (Å²) in [6.07, 6.45) is 2.51. The molecule has 0 spiro atoms. The smallest absolute Gasteiger partial charge is 0.270 e. The van der Waals surface area contributed by atoms with Gasteiger partial charge in [-0.25, -0.2) is 4.39 Å². The third kappa shape index (κ3) is 5.09. The lowest BCUT2D eigenvalue weighted by Gasteiger charge is -2.36. The Hall–Kier alpha value is -3.00. The fourth-order valence-electron chi connectivity index (χ4n) is 4.47. The number of carbonyl (C=O) groups excluding carboxylic acids is 1. The van der Waals surface area contributed by atoms with Crippen LogP contribution < -0.4 is 10.5 Å². The molecule has 3 heterocycles. The van der Waals surface area contributed by atoms with Gasteiger partial charge >= 0.3 is 0 Å². The zero-order valence-electron chi connectivity index (χ0n) is 20.6. The van der Waals surface area contributed by atoms with E-state index in [2.05, 4.69) is 22.9 Å². The van der Waals surface area contributed by atoms with E-state index in [1.165, 1.54) is 28.8 Å². The van der Waals surface area contributed by atoms with Crippen LogP contribution in [-0.4, -0.2) is 57.8 Å². The Morgan fingerprint density at radius 1 is 1.17 bits per heavy atom. The minimum atomic E-state index is -0.341. The molecule has 36 heavy (non-hydrogen) atoms. The van der Waals surface area contributed by atoms with Crippen molar-refractivity contribution in [3.05, 3.63) is 67.6 Å². The first-order valence-corrected chi connectivity index (χ1v) is 13.1. The largest absolute Gasteiger partial charge is 0.355 e. The van der Waals surface area contributed by atoms with Crippen LogP contribution in [0.5, 0.6) is 0 Å². The van der Waals surface area contributed by atoms with Crippen LogP contribution in [-0.2, 0) is 17.9 Å². The summed E-state index contributed by atoms with van der Waals surface area (Å²) >= 11 is 6.70. The molecule has 0 radical (unpaired) electrons. The molecular weight excluding hydrogens is 497 g/mol. The first-order valence-electron chi connectivity index (χ1n) is 11.9. The van der Waals surface area contributed by atoms with Gasteiger partial charge in [0.1, 0.15) is 27.6 Å². The quantitative estimate of drug-likeness (QED) is 0.420. The molecule has 4 rings (SSSR count). The van der Waals surface area contributed by atoms with Crippen molar-refractivity contribution in [1.29, 1.82) is 5.26 Å². The number of anilines is 1. The van der Waals surface area contributed by atoms with E-state index in [4.69, 9.17) is 12.2 Å². The summed E-state index contributed by atoms with van der Waals surface area (Å²) in [6, 6.07) is 8.06. The lowest BCUT2D eigenvalue weighted by Crippen LogP contribution is -2.47. The van der Waals surface area contributed by atoms with Crippen molar-refractivity contribution >= 4 is 46.1 Å². The summed E-state index contributed by atoms with van der Waals surface area (Å²) in [5.74, 6) is 0.159. The third-order valence-electron chi connectivity index (χ3n) is 6.50. The van der Waals surface area contributed by atoms with Gasteiger partial charge in [-0.2, -0.15) is 5.26 Å². The molecule has 10 heteroatoms. The second-order valence-electron chi connectivity index (χ2n) is 8.99. The summed E-state index contributed by atoms with van der Waals surface area (Å²) in [4.78, 5) is 33.0. The minimum absolute atomic E-state index is 0.0920. The maximum Gasteiger partial charge on any atom is 0.270 e. The van der Waals surface area contributed by atoms with Gasteiger partial charge in [0, 0.05) is 38.3 Å². The van der Waals surface area contributed by atoms with Crippen LogP contribution in [0.4, 0.5) is 10.2 Å². The second-order valence-corrected chi connectivity index (χ2v) is 10.7. The molecule has 188 valence electrons. The maximum atomic E-state index is 13.4. The number of hydrogen-bond acceptors (Lipinski definition) is 7. The average Bonchev–Trinajstić information content (AvgIpc) is 3.12. The molecule has 2 aliphatic heterocycles. The number of carbonyl (C=O) groups is 1. The number of piperazine rings is 1. The number of likely N-dealkylation sites (N-methyl/N-ethyl adjacent to an activating group) is 1. The molecular formula is C26H28FN5O2S2. The normalized spacial score (nSPS) is 17.8. The van der Waals surface area contributed by atoms with Crippen LogP contribution >= 0.6 is 24.0 Å². The number of aromatic nitrogens is 1. The Labute approximate surface area is 219 Å². The van der Waals surface area contributed by atoms with Gasteiger partial charge in [-0.05, 0) is 49.7 Å². The molecule has 2 saturated heterocycles. The molecule has 0 saturated carbocycles. The second kappa shape index (κ2) is 10.9. The van der Waals surface area contributed by atoms with Crippen molar-refractivity contribution in [2.75, 3.05) is 38.1 Å². The van der Waals surface area contributed by atoms with Crippen LogP contribution in [0.25, 0.3) is 6.08 Å². The summed E-state index contributed by atoms with van der Waals surface area (Å²) in [5, 5.41) is 9.80. The van der Waals surface area contributed by atoms with Gasteiger partial charge in [0.15, 0.2) is 0 Å². The molecule has 0 N–H and O–H groups in total. The lowest BCUT2D eigenvalue weighted by atomic mass is 10.0. The van der Waals surface area contributed by atoms with E-state index in [1.54, 1.807) is 29.7 Å². The van der Waals surface area contributed by atoms with Crippen LogP contribution in [0.2, 0.25) is 0 Å². The first kappa shape index (κ1) is 26.1. The van der Waals surface area contributed by atoms with Crippen molar-refractivity contribution < 1.29 is 9.18 Å². The van der Waals surface area contributed by atoms with Crippen molar-refractivity contribution in [2.45, 2.75) is 33.4 Å². The zero-order valence-corrected chi connectivity index (χ0v) is 22.2. The van der Waals surface area contributed by atoms with Crippen LogP contribution in [0, 0.1) is 24.1 Å². The van der Waals surface area contributed by atoms with Gasteiger partial charge in [0.25, 0.3) is 11.5 Å². The average molecular weight is 526 g/mol. The van der Waals surface area contributed by atoms with E-state index in [0.717, 1.165) is 44.0 Å². The third-order valence-corrected chi connectivity index (χ3v) is 7.88. The van der Waals surface area contributed by atoms with Crippen molar-refractivity contribution in [3.63, 3.8) is 0 Å². The minimum Gasteiger partial charge on any atom is -0.355 e. The van der Waals surface area contributed by atoms with Gasteiger partial charge in [0.05, 0.1) is 11.4 Å². The Balaban J connectivity index is 1.80. The van der Waals surface area contributed by atoms with Crippen molar-refractivity contribution in [2.24, 2.45) is 0 Å². The number of amides is 1. The number of thiocarbonyl (C=S) groups is 1. The number of benzene rings is 1. The summed E-state index contributed by atoms with van der Waals surface area (Å²) in [6.45, 7) is 7.63. The van der Waals surface area contributed by atoms with E-state index in [-0.39, 0.29) is 29.4 Å². The highest BCUT2D eigenvalue weighted by atomic mass is 32.2. The number of nitriles is 1. The Kier molecular flexibility index (Phi) is 7.93. The van der Waals surface area contributed by atoms with E-state index in [9.17, 15) is 19.2 Å². The van der Waals surface area contributed by atoms with Crippen LogP contribution in [0.15, 0.2) is 34.0 Å². The van der Waals surface area contributed by atoms with E-state index in [1.807, 2.05) is 6.92 Å². The summed E-state index contributed by atoms with van der Waals surface area (Å²) < 4.78 is 15.4. The highest BCUT2D eigenvalue weighted by Gasteiger charge is 2.33. The molecule has 2 fully saturated rings. The molecule has 1 aromatic carbocycles. The van der Waals surface area contributed by atoms with Gasteiger partial charge in [-0.1, -0.05) is 43.0 Å². The zero-order chi connectivity index (χ0) is 26.0. The van der Waals surface area contributed by atoms with E-state index < -0.39 is 0 Å². The molecule has 1 amide bonds. The Morgan fingerprint density at radius 3 is 2.44 bits per heavy atom. The predicted molar refractivity (Wildman–Crippen MR) is 145 cm³/mol. The summed E-state index contributed by atoms with van der Waals surface area (Å²) in [7, 11) is 2.06. The number of pyridine rings is 1. The van der Waals surface area contributed by atoms with Crippen molar-refractivity contribution in [1.82, 2.24) is 14.4 Å². The number of nitrogens with zero attached hydrogens (tertiary/aromatic N) is 5. The fourth-order valence-corrected chi connectivity index (χ4v) is 5.71. The summed E-state index contributed by atoms with van der Waals surface area (Å²) in [5.41, 5.74) is 1.83. The topological polar surface area (TPSA) is 72.6 Å². The first-order chi connectivity index (χ1) is 17.2. The molecule has 0 unspecified atom stereocenters. The van der Waals surface area contributed by atoms with Gasteiger partial charge < -0.3 is 9.80 Å². The molecule has 0 aliphatic carbocycles. The molecule has 0 bridgehead atoms. The molecule has 2 aromatic rings. The molecule has 7 nitrogen and oxygen atoms in total. The number of halogens is 1. The number of rotatable bonds is 6. The number of thioether (sulfide) groups is 1. The number of hydrogen-bond donors (Lipinski definition) is 0. The lowest BCUT2D eigenvalue weighted by molar-refractivity contribution is -0.122.